The number of benzene rings is 1. The van der Waals surface area contributed by atoms with E-state index < -0.39 is 0 Å². The van der Waals surface area contributed by atoms with Gasteiger partial charge in [-0.05, 0) is 25.5 Å². The van der Waals surface area contributed by atoms with Gasteiger partial charge in [-0.1, -0.05) is 17.7 Å². The van der Waals surface area contributed by atoms with Crippen molar-refractivity contribution in [1.29, 1.82) is 0 Å². The van der Waals surface area contributed by atoms with Gasteiger partial charge in [0, 0.05) is 51.2 Å². The SMILES string of the molecule is CC(=O)N1CCN(c2ncc(C(=O)Nc3ccc(C)cc3C)cn2)CC1. The van der Waals surface area contributed by atoms with Gasteiger partial charge in [-0.3, -0.25) is 9.59 Å². The van der Waals surface area contributed by atoms with E-state index in [1.54, 1.807) is 19.3 Å². The molecular formula is C19H23N5O2. The van der Waals surface area contributed by atoms with Gasteiger partial charge >= 0.3 is 0 Å². The fourth-order valence-corrected chi connectivity index (χ4v) is 2.97. The van der Waals surface area contributed by atoms with Crippen molar-refractivity contribution in [2.75, 3.05) is 36.4 Å². The van der Waals surface area contributed by atoms with E-state index in [-0.39, 0.29) is 11.8 Å². The number of hydrogen-bond acceptors (Lipinski definition) is 5. The zero-order chi connectivity index (χ0) is 18.7. The van der Waals surface area contributed by atoms with Gasteiger partial charge in [0.2, 0.25) is 11.9 Å². The Labute approximate surface area is 153 Å². The fraction of sp³-hybridized carbons (Fsp3) is 0.368. The lowest BCUT2D eigenvalue weighted by atomic mass is 10.1. The normalized spacial score (nSPS) is 14.3. The first-order chi connectivity index (χ1) is 12.4. The minimum Gasteiger partial charge on any atom is -0.339 e. The Morgan fingerprint density at radius 1 is 1.04 bits per heavy atom. The highest BCUT2D eigenvalue weighted by Gasteiger charge is 2.20. The molecule has 0 saturated carbocycles. The molecular weight excluding hydrogens is 330 g/mol. The van der Waals surface area contributed by atoms with Crippen molar-refractivity contribution >= 4 is 23.5 Å². The number of nitrogens with one attached hydrogen (secondary N) is 1. The number of aryl methyl sites for hydroxylation is 2. The Bertz CT molecular complexity index is 811. The molecule has 1 aliphatic rings. The van der Waals surface area contributed by atoms with Crippen LogP contribution in [-0.2, 0) is 4.79 Å². The summed E-state index contributed by atoms with van der Waals surface area (Å²) < 4.78 is 0. The predicted molar refractivity (Wildman–Crippen MR) is 100 cm³/mol. The smallest absolute Gasteiger partial charge is 0.258 e. The third kappa shape index (κ3) is 3.99. The second kappa shape index (κ2) is 7.51. The summed E-state index contributed by atoms with van der Waals surface area (Å²) in [5.74, 6) is 0.435. The van der Waals surface area contributed by atoms with Gasteiger partial charge in [-0.25, -0.2) is 9.97 Å². The largest absolute Gasteiger partial charge is 0.339 e. The molecule has 0 unspecified atom stereocenters. The topological polar surface area (TPSA) is 78.4 Å². The Balaban J connectivity index is 1.64. The fourth-order valence-electron chi connectivity index (χ4n) is 2.97. The van der Waals surface area contributed by atoms with E-state index in [2.05, 4.69) is 15.3 Å². The predicted octanol–water partition coefficient (Wildman–Crippen LogP) is 2.01. The van der Waals surface area contributed by atoms with Crippen molar-refractivity contribution in [3.63, 3.8) is 0 Å². The van der Waals surface area contributed by atoms with Crippen LogP contribution in [0.4, 0.5) is 11.6 Å². The first-order valence-corrected chi connectivity index (χ1v) is 8.65. The maximum atomic E-state index is 12.4. The van der Waals surface area contributed by atoms with Gasteiger partial charge in [0.15, 0.2) is 0 Å². The highest BCUT2D eigenvalue weighted by molar-refractivity contribution is 6.04. The summed E-state index contributed by atoms with van der Waals surface area (Å²) in [6.07, 6.45) is 3.08. The van der Waals surface area contributed by atoms with Crippen molar-refractivity contribution < 1.29 is 9.59 Å². The maximum Gasteiger partial charge on any atom is 0.258 e. The minimum absolute atomic E-state index is 0.0870. The van der Waals surface area contributed by atoms with Crippen LogP contribution in [0.3, 0.4) is 0 Å². The number of carbonyl (C=O) groups excluding carboxylic acids is 2. The monoisotopic (exact) mass is 353 g/mol. The molecule has 1 N–H and O–H groups in total. The van der Waals surface area contributed by atoms with Gasteiger partial charge in [-0.2, -0.15) is 0 Å². The Kier molecular flexibility index (Phi) is 5.16. The molecule has 0 radical (unpaired) electrons. The number of piperazine rings is 1. The van der Waals surface area contributed by atoms with E-state index in [0.29, 0.717) is 37.7 Å². The highest BCUT2D eigenvalue weighted by atomic mass is 16.2. The van der Waals surface area contributed by atoms with Crippen molar-refractivity contribution in [3.8, 4) is 0 Å². The lowest BCUT2D eigenvalue weighted by Crippen LogP contribution is -2.48. The summed E-state index contributed by atoms with van der Waals surface area (Å²) in [7, 11) is 0. The molecule has 2 heterocycles. The standard InChI is InChI=1S/C19H23N5O2/c1-13-4-5-17(14(2)10-13)22-18(26)16-11-20-19(21-12-16)24-8-6-23(7-9-24)15(3)25/h4-5,10-12H,6-9H2,1-3H3,(H,22,26). The van der Waals surface area contributed by atoms with Crippen LogP contribution in [0.1, 0.15) is 28.4 Å². The number of aromatic nitrogens is 2. The quantitative estimate of drug-likeness (QED) is 0.913. The first kappa shape index (κ1) is 17.8. The molecule has 7 heteroatoms. The Morgan fingerprint density at radius 2 is 1.69 bits per heavy atom. The molecule has 0 atom stereocenters. The molecule has 1 aliphatic heterocycles. The number of rotatable bonds is 3. The zero-order valence-electron chi connectivity index (χ0n) is 15.3. The van der Waals surface area contributed by atoms with Gasteiger partial charge in [0.25, 0.3) is 5.91 Å². The van der Waals surface area contributed by atoms with Gasteiger partial charge < -0.3 is 15.1 Å². The van der Waals surface area contributed by atoms with Crippen LogP contribution in [0, 0.1) is 13.8 Å². The van der Waals surface area contributed by atoms with E-state index in [1.807, 2.05) is 41.8 Å². The average molecular weight is 353 g/mol. The summed E-state index contributed by atoms with van der Waals surface area (Å²) in [6, 6.07) is 5.88. The Morgan fingerprint density at radius 3 is 2.27 bits per heavy atom. The molecule has 0 aliphatic carbocycles. The summed E-state index contributed by atoms with van der Waals surface area (Å²) in [4.78, 5) is 36.3. The maximum absolute atomic E-state index is 12.4. The van der Waals surface area contributed by atoms with E-state index in [9.17, 15) is 9.59 Å². The lowest BCUT2D eigenvalue weighted by molar-refractivity contribution is -0.129. The van der Waals surface area contributed by atoms with Crippen molar-refractivity contribution in [2.45, 2.75) is 20.8 Å². The number of anilines is 2. The van der Waals surface area contributed by atoms with E-state index in [0.717, 1.165) is 16.8 Å². The molecule has 136 valence electrons. The molecule has 0 spiro atoms. The van der Waals surface area contributed by atoms with Crippen LogP contribution < -0.4 is 10.2 Å². The van der Waals surface area contributed by atoms with Crippen LogP contribution in [0.15, 0.2) is 30.6 Å². The van der Waals surface area contributed by atoms with E-state index in [1.165, 1.54) is 0 Å². The molecule has 1 saturated heterocycles. The molecule has 26 heavy (non-hydrogen) atoms. The molecule has 2 aromatic rings. The summed E-state index contributed by atoms with van der Waals surface area (Å²) in [6.45, 7) is 8.25. The van der Waals surface area contributed by atoms with Gasteiger partial charge in [0.05, 0.1) is 5.56 Å². The molecule has 3 rings (SSSR count). The van der Waals surface area contributed by atoms with Crippen LogP contribution in [0.2, 0.25) is 0 Å². The zero-order valence-corrected chi connectivity index (χ0v) is 15.3. The average Bonchev–Trinajstić information content (AvgIpc) is 2.64. The number of nitrogens with zero attached hydrogens (tertiary/aromatic N) is 4. The van der Waals surface area contributed by atoms with E-state index >= 15 is 0 Å². The van der Waals surface area contributed by atoms with Crippen LogP contribution in [-0.4, -0.2) is 52.9 Å². The minimum atomic E-state index is -0.232. The van der Waals surface area contributed by atoms with Gasteiger partial charge in [0.1, 0.15) is 0 Å². The van der Waals surface area contributed by atoms with Crippen molar-refractivity contribution in [3.05, 3.63) is 47.3 Å². The molecule has 0 bridgehead atoms. The molecule has 1 aromatic carbocycles. The second-order valence-corrected chi connectivity index (χ2v) is 6.54. The lowest BCUT2D eigenvalue weighted by Gasteiger charge is -2.34. The summed E-state index contributed by atoms with van der Waals surface area (Å²) >= 11 is 0. The summed E-state index contributed by atoms with van der Waals surface area (Å²) in [5.41, 5.74) is 3.36. The van der Waals surface area contributed by atoms with E-state index in [4.69, 9.17) is 0 Å². The highest BCUT2D eigenvalue weighted by Crippen LogP contribution is 2.17. The first-order valence-electron chi connectivity index (χ1n) is 8.65. The number of hydrogen-bond donors (Lipinski definition) is 1. The third-order valence-electron chi connectivity index (χ3n) is 4.54. The summed E-state index contributed by atoms with van der Waals surface area (Å²) in [5, 5.41) is 2.89. The molecule has 1 aromatic heterocycles. The third-order valence-corrected chi connectivity index (χ3v) is 4.54. The molecule has 1 fully saturated rings. The van der Waals surface area contributed by atoms with Crippen molar-refractivity contribution in [2.24, 2.45) is 0 Å². The number of amides is 2. The van der Waals surface area contributed by atoms with Crippen LogP contribution >= 0.6 is 0 Å². The Hall–Kier alpha value is -2.96. The molecule has 7 nitrogen and oxygen atoms in total. The van der Waals surface area contributed by atoms with Crippen LogP contribution in [0.25, 0.3) is 0 Å². The second-order valence-electron chi connectivity index (χ2n) is 6.54. The van der Waals surface area contributed by atoms with Crippen LogP contribution in [0.5, 0.6) is 0 Å². The van der Waals surface area contributed by atoms with Crippen molar-refractivity contribution in [1.82, 2.24) is 14.9 Å². The number of carbonyl (C=O) groups is 2. The van der Waals surface area contributed by atoms with Gasteiger partial charge in [-0.15, -0.1) is 0 Å². The molecule has 2 amide bonds.